The second-order valence-corrected chi connectivity index (χ2v) is 2.87. The van der Waals surface area contributed by atoms with Crippen LogP contribution in [0.3, 0.4) is 0 Å². The fourth-order valence-corrected chi connectivity index (χ4v) is 0.921. The third-order valence-corrected chi connectivity index (χ3v) is 1.62. The molecule has 1 rings (SSSR count). The Labute approximate surface area is 72.0 Å². The number of amides is 1. The maximum atomic E-state index is 11.4. The molecule has 1 aromatic rings. The van der Waals surface area contributed by atoms with E-state index in [1.54, 1.807) is 20.3 Å². The Morgan fingerprint density at radius 1 is 1.50 bits per heavy atom. The average molecular weight is 164 g/mol. The summed E-state index contributed by atoms with van der Waals surface area (Å²) in [4.78, 5) is 17.0. The van der Waals surface area contributed by atoms with E-state index in [-0.39, 0.29) is 5.91 Å². The van der Waals surface area contributed by atoms with Gasteiger partial charge in [-0.25, -0.2) is 0 Å². The van der Waals surface area contributed by atoms with Crippen molar-refractivity contribution in [2.24, 2.45) is 0 Å². The fourth-order valence-electron chi connectivity index (χ4n) is 0.921. The standard InChI is InChI=1S/C9H12N2O/c1-7-5-4-6-10-8(7)9(12)11(2)3/h4-6H,1-3H3. The number of nitrogens with zero attached hydrogens (tertiary/aromatic N) is 2. The van der Waals surface area contributed by atoms with Gasteiger partial charge in [-0.3, -0.25) is 9.78 Å². The zero-order valence-corrected chi connectivity index (χ0v) is 7.53. The first-order chi connectivity index (χ1) is 5.63. The molecular formula is C9H12N2O. The Kier molecular flexibility index (Phi) is 2.43. The second kappa shape index (κ2) is 3.34. The van der Waals surface area contributed by atoms with Crippen molar-refractivity contribution >= 4 is 5.91 Å². The lowest BCUT2D eigenvalue weighted by atomic mass is 10.2. The molecule has 0 saturated carbocycles. The van der Waals surface area contributed by atoms with Gasteiger partial charge in [-0.1, -0.05) is 6.07 Å². The van der Waals surface area contributed by atoms with Crippen LogP contribution in [-0.2, 0) is 0 Å². The molecule has 0 aliphatic carbocycles. The minimum Gasteiger partial charge on any atom is -0.343 e. The molecule has 3 heteroatoms. The molecule has 64 valence electrons. The zero-order chi connectivity index (χ0) is 9.14. The topological polar surface area (TPSA) is 33.2 Å². The highest BCUT2D eigenvalue weighted by Gasteiger charge is 2.10. The summed E-state index contributed by atoms with van der Waals surface area (Å²) in [5.41, 5.74) is 1.44. The van der Waals surface area contributed by atoms with Crippen LogP contribution in [0.1, 0.15) is 16.1 Å². The van der Waals surface area contributed by atoms with Crippen molar-refractivity contribution in [3.63, 3.8) is 0 Å². The molecule has 0 aliphatic rings. The lowest BCUT2D eigenvalue weighted by molar-refractivity contribution is 0.0821. The molecule has 1 heterocycles. The number of carbonyl (C=O) groups is 1. The van der Waals surface area contributed by atoms with E-state index in [1.165, 1.54) is 4.90 Å². The fraction of sp³-hybridized carbons (Fsp3) is 0.333. The number of carbonyl (C=O) groups excluding carboxylic acids is 1. The van der Waals surface area contributed by atoms with E-state index >= 15 is 0 Å². The maximum Gasteiger partial charge on any atom is 0.272 e. The van der Waals surface area contributed by atoms with E-state index in [0.717, 1.165) is 5.56 Å². The average Bonchev–Trinajstić information content (AvgIpc) is 2.04. The SMILES string of the molecule is Cc1cccnc1C(=O)N(C)C. The third-order valence-electron chi connectivity index (χ3n) is 1.62. The Balaban J connectivity index is 3.03. The second-order valence-electron chi connectivity index (χ2n) is 2.87. The summed E-state index contributed by atoms with van der Waals surface area (Å²) in [7, 11) is 3.44. The Hall–Kier alpha value is -1.38. The molecule has 0 bridgehead atoms. The van der Waals surface area contributed by atoms with Crippen LogP contribution in [0.2, 0.25) is 0 Å². The molecule has 1 aromatic heterocycles. The van der Waals surface area contributed by atoms with Crippen LogP contribution in [-0.4, -0.2) is 29.9 Å². The Morgan fingerprint density at radius 2 is 2.17 bits per heavy atom. The molecule has 0 aliphatic heterocycles. The van der Waals surface area contributed by atoms with Gasteiger partial charge in [-0.15, -0.1) is 0 Å². The first kappa shape index (κ1) is 8.71. The highest BCUT2D eigenvalue weighted by Crippen LogP contribution is 2.04. The van der Waals surface area contributed by atoms with Gasteiger partial charge < -0.3 is 4.90 Å². The van der Waals surface area contributed by atoms with Crippen molar-refractivity contribution < 1.29 is 4.79 Å². The van der Waals surface area contributed by atoms with Crippen LogP contribution < -0.4 is 0 Å². The van der Waals surface area contributed by atoms with Gasteiger partial charge in [0.1, 0.15) is 5.69 Å². The van der Waals surface area contributed by atoms with Crippen LogP contribution in [0, 0.1) is 6.92 Å². The van der Waals surface area contributed by atoms with Gasteiger partial charge >= 0.3 is 0 Å². The highest BCUT2D eigenvalue weighted by atomic mass is 16.2. The minimum absolute atomic E-state index is 0.0481. The number of pyridine rings is 1. The van der Waals surface area contributed by atoms with Crippen molar-refractivity contribution in [2.75, 3.05) is 14.1 Å². The largest absolute Gasteiger partial charge is 0.343 e. The molecule has 0 unspecified atom stereocenters. The molecular weight excluding hydrogens is 152 g/mol. The van der Waals surface area contributed by atoms with Crippen LogP contribution in [0.25, 0.3) is 0 Å². The maximum absolute atomic E-state index is 11.4. The molecule has 0 aromatic carbocycles. The van der Waals surface area contributed by atoms with Gasteiger partial charge in [-0.05, 0) is 18.6 Å². The van der Waals surface area contributed by atoms with Crippen molar-refractivity contribution in [1.82, 2.24) is 9.88 Å². The number of aryl methyl sites for hydroxylation is 1. The van der Waals surface area contributed by atoms with Gasteiger partial charge in [0.15, 0.2) is 0 Å². The van der Waals surface area contributed by atoms with E-state index in [0.29, 0.717) is 5.69 Å². The van der Waals surface area contributed by atoms with Gasteiger partial charge in [0.25, 0.3) is 5.91 Å². The van der Waals surface area contributed by atoms with Crippen LogP contribution in [0.15, 0.2) is 18.3 Å². The van der Waals surface area contributed by atoms with Crippen LogP contribution in [0.4, 0.5) is 0 Å². The first-order valence-electron chi connectivity index (χ1n) is 3.76. The van der Waals surface area contributed by atoms with Crippen LogP contribution >= 0.6 is 0 Å². The summed E-state index contributed by atoms with van der Waals surface area (Å²) in [6, 6.07) is 3.70. The summed E-state index contributed by atoms with van der Waals surface area (Å²) in [5.74, 6) is -0.0481. The highest BCUT2D eigenvalue weighted by molar-refractivity contribution is 5.93. The first-order valence-corrected chi connectivity index (χ1v) is 3.76. The van der Waals surface area contributed by atoms with E-state index in [4.69, 9.17) is 0 Å². The molecule has 0 spiro atoms. The molecule has 0 fully saturated rings. The van der Waals surface area contributed by atoms with Crippen molar-refractivity contribution in [2.45, 2.75) is 6.92 Å². The molecule has 0 N–H and O–H groups in total. The predicted octanol–water partition coefficient (Wildman–Crippen LogP) is 1.09. The van der Waals surface area contributed by atoms with Gasteiger partial charge in [0, 0.05) is 20.3 Å². The monoisotopic (exact) mass is 164 g/mol. The number of aromatic nitrogens is 1. The number of rotatable bonds is 1. The van der Waals surface area contributed by atoms with E-state index in [9.17, 15) is 4.79 Å². The predicted molar refractivity (Wildman–Crippen MR) is 47.0 cm³/mol. The Bertz CT molecular complexity index is 294. The van der Waals surface area contributed by atoms with Gasteiger partial charge in [0.05, 0.1) is 0 Å². The van der Waals surface area contributed by atoms with Gasteiger partial charge in [-0.2, -0.15) is 0 Å². The van der Waals surface area contributed by atoms with Gasteiger partial charge in [0.2, 0.25) is 0 Å². The summed E-state index contributed by atoms with van der Waals surface area (Å²) in [5, 5.41) is 0. The minimum atomic E-state index is -0.0481. The third kappa shape index (κ3) is 1.61. The normalized spacial score (nSPS) is 9.58. The van der Waals surface area contributed by atoms with E-state index in [1.807, 2.05) is 19.1 Å². The number of hydrogen-bond acceptors (Lipinski definition) is 2. The lowest BCUT2D eigenvalue weighted by Gasteiger charge is -2.10. The molecule has 1 amide bonds. The molecule has 12 heavy (non-hydrogen) atoms. The summed E-state index contributed by atoms with van der Waals surface area (Å²) < 4.78 is 0. The molecule has 3 nitrogen and oxygen atoms in total. The summed E-state index contributed by atoms with van der Waals surface area (Å²) in [6.45, 7) is 1.88. The lowest BCUT2D eigenvalue weighted by Crippen LogP contribution is -2.23. The van der Waals surface area contributed by atoms with E-state index < -0.39 is 0 Å². The summed E-state index contributed by atoms with van der Waals surface area (Å²) >= 11 is 0. The summed E-state index contributed by atoms with van der Waals surface area (Å²) in [6.07, 6.45) is 1.63. The van der Waals surface area contributed by atoms with E-state index in [2.05, 4.69) is 4.98 Å². The quantitative estimate of drug-likeness (QED) is 0.622. The smallest absolute Gasteiger partial charge is 0.272 e. The Morgan fingerprint density at radius 3 is 2.67 bits per heavy atom. The van der Waals surface area contributed by atoms with Crippen molar-refractivity contribution in [1.29, 1.82) is 0 Å². The molecule has 0 atom stereocenters. The number of hydrogen-bond donors (Lipinski definition) is 0. The molecule has 0 radical (unpaired) electrons. The van der Waals surface area contributed by atoms with Crippen molar-refractivity contribution in [3.8, 4) is 0 Å². The van der Waals surface area contributed by atoms with Crippen LogP contribution in [0.5, 0.6) is 0 Å². The molecule has 0 saturated heterocycles. The van der Waals surface area contributed by atoms with Crippen molar-refractivity contribution in [3.05, 3.63) is 29.6 Å². The zero-order valence-electron chi connectivity index (χ0n) is 7.53.